The van der Waals surface area contributed by atoms with Crippen molar-refractivity contribution >= 4 is 16.1 Å². The number of nitrogens with zero attached hydrogens (tertiary/aromatic N) is 2. The normalized spacial score (nSPS) is 25.1. The van der Waals surface area contributed by atoms with Crippen molar-refractivity contribution in [2.75, 3.05) is 25.9 Å². The lowest BCUT2D eigenvalue weighted by Gasteiger charge is -2.34. The molecular formula is C18H27N3O3S. The number of rotatable bonds is 3. The topological polar surface area (TPSA) is 69.7 Å². The van der Waals surface area contributed by atoms with Crippen LogP contribution in [0.5, 0.6) is 0 Å². The minimum absolute atomic E-state index is 0.0777. The Morgan fingerprint density at radius 2 is 1.88 bits per heavy atom. The first-order valence-corrected chi connectivity index (χ1v) is 10.8. The zero-order chi connectivity index (χ0) is 18.0. The molecule has 0 saturated carbocycles. The molecule has 1 aromatic rings. The lowest BCUT2D eigenvalue weighted by Crippen LogP contribution is -2.52. The first kappa shape index (κ1) is 18.2. The molecule has 7 heteroatoms. The van der Waals surface area contributed by atoms with Crippen LogP contribution in [-0.2, 0) is 10.0 Å². The summed E-state index contributed by atoms with van der Waals surface area (Å²) in [5.74, 6) is 0. The fraction of sp³-hybridized carbons (Fsp3) is 0.611. The molecule has 2 amide bonds. The van der Waals surface area contributed by atoms with Gasteiger partial charge in [-0.3, -0.25) is 0 Å². The quantitative estimate of drug-likeness (QED) is 0.893. The number of carbonyl (C=O) groups is 1. The van der Waals surface area contributed by atoms with E-state index in [2.05, 4.69) is 24.4 Å². The molecular weight excluding hydrogens is 338 g/mol. The van der Waals surface area contributed by atoms with Gasteiger partial charge in [-0.05, 0) is 43.7 Å². The van der Waals surface area contributed by atoms with Gasteiger partial charge < -0.3 is 10.2 Å². The third-order valence-corrected chi connectivity index (χ3v) is 6.51. The molecule has 2 aliphatic rings. The fourth-order valence-electron chi connectivity index (χ4n) is 3.91. The van der Waals surface area contributed by atoms with Crippen LogP contribution in [0.15, 0.2) is 24.3 Å². The summed E-state index contributed by atoms with van der Waals surface area (Å²) in [5.41, 5.74) is 2.41. The van der Waals surface area contributed by atoms with E-state index in [1.54, 1.807) is 0 Å². The smallest absolute Gasteiger partial charge is 0.318 e. The highest BCUT2D eigenvalue weighted by molar-refractivity contribution is 7.88. The van der Waals surface area contributed by atoms with E-state index in [-0.39, 0.29) is 18.1 Å². The van der Waals surface area contributed by atoms with Crippen LogP contribution in [0.3, 0.4) is 0 Å². The Balaban J connectivity index is 1.67. The molecule has 6 nitrogen and oxygen atoms in total. The van der Waals surface area contributed by atoms with Crippen molar-refractivity contribution in [3.05, 3.63) is 35.4 Å². The number of urea groups is 1. The lowest BCUT2D eigenvalue weighted by molar-refractivity contribution is 0.181. The molecule has 25 heavy (non-hydrogen) atoms. The summed E-state index contributed by atoms with van der Waals surface area (Å²) in [6.45, 7) is 3.73. The molecule has 0 aromatic heterocycles. The van der Waals surface area contributed by atoms with E-state index in [0.717, 1.165) is 32.2 Å². The fourth-order valence-corrected chi connectivity index (χ4v) is 4.82. The van der Waals surface area contributed by atoms with E-state index in [9.17, 15) is 13.2 Å². The Bertz CT molecular complexity index is 735. The van der Waals surface area contributed by atoms with E-state index < -0.39 is 10.0 Å². The van der Waals surface area contributed by atoms with E-state index in [0.29, 0.717) is 13.1 Å². The van der Waals surface area contributed by atoms with Gasteiger partial charge in [0.05, 0.1) is 12.3 Å². The van der Waals surface area contributed by atoms with E-state index in [1.165, 1.54) is 21.7 Å². The molecule has 3 rings (SSSR count). The molecule has 0 radical (unpaired) electrons. The van der Waals surface area contributed by atoms with Gasteiger partial charge >= 0.3 is 6.03 Å². The van der Waals surface area contributed by atoms with E-state index in [4.69, 9.17) is 0 Å². The number of nitrogens with one attached hydrogen (secondary N) is 1. The Morgan fingerprint density at radius 3 is 2.60 bits per heavy atom. The highest BCUT2D eigenvalue weighted by atomic mass is 32.2. The summed E-state index contributed by atoms with van der Waals surface area (Å²) in [5, 5.41) is 3.06. The Kier molecular flexibility index (Phi) is 5.34. The second-order valence-corrected chi connectivity index (χ2v) is 9.10. The van der Waals surface area contributed by atoms with Crippen molar-refractivity contribution in [2.24, 2.45) is 0 Å². The van der Waals surface area contributed by atoms with Crippen molar-refractivity contribution < 1.29 is 13.2 Å². The van der Waals surface area contributed by atoms with Gasteiger partial charge in [-0.15, -0.1) is 0 Å². The molecule has 138 valence electrons. The minimum Gasteiger partial charge on any atom is -0.334 e. The number of hydrogen-bond acceptors (Lipinski definition) is 3. The number of benzene rings is 1. The predicted molar refractivity (Wildman–Crippen MR) is 97.8 cm³/mol. The first-order valence-electron chi connectivity index (χ1n) is 8.94. The van der Waals surface area contributed by atoms with Gasteiger partial charge in [0.25, 0.3) is 0 Å². The van der Waals surface area contributed by atoms with Crippen molar-refractivity contribution in [3.8, 4) is 0 Å². The molecule has 0 aliphatic carbocycles. The molecule has 2 atom stereocenters. The van der Waals surface area contributed by atoms with Crippen molar-refractivity contribution in [1.82, 2.24) is 14.5 Å². The number of hydrogen-bond donors (Lipinski definition) is 1. The van der Waals surface area contributed by atoms with Gasteiger partial charge in [-0.1, -0.05) is 24.3 Å². The van der Waals surface area contributed by atoms with Crippen LogP contribution >= 0.6 is 0 Å². The summed E-state index contributed by atoms with van der Waals surface area (Å²) < 4.78 is 25.0. The van der Waals surface area contributed by atoms with E-state index in [1.807, 2.05) is 17.0 Å². The van der Waals surface area contributed by atoms with E-state index >= 15 is 0 Å². The molecule has 1 aromatic carbocycles. The average Bonchev–Trinajstić information content (AvgIpc) is 3.04. The lowest BCUT2D eigenvalue weighted by atomic mass is 9.99. The van der Waals surface area contributed by atoms with Crippen LogP contribution in [0.1, 0.15) is 42.9 Å². The predicted octanol–water partition coefficient (Wildman–Crippen LogP) is 2.27. The Hall–Kier alpha value is -1.60. The van der Waals surface area contributed by atoms with Gasteiger partial charge in [0.2, 0.25) is 10.0 Å². The van der Waals surface area contributed by atoms with Crippen LogP contribution in [0, 0.1) is 6.92 Å². The number of sulfonamides is 1. The van der Waals surface area contributed by atoms with Crippen LogP contribution in [0.25, 0.3) is 0 Å². The number of amides is 2. The van der Waals surface area contributed by atoms with Crippen LogP contribution in [0.4, 0.5) is 4.79 Å². The third kappa shape index (κ3) is 4.15. The monoisotopic (exact) mass is 365 g/mol. The molecule has 0 spiro atoms. The zero-order valence-corrected chi connectivity index (χ0v) is 15.8. The maximum atomic E-state index is 12.8. The number of likely N-dealkylation sites (tertiary alicyclic amines) is 1. The maximum absolute atomic E-state index is 12.8. The number of aryl methyl sites for hydroxylation is 1. The first-order chi connectivity index (χ1) is 11.9. The van der Waals surface area contributed by atoms with Crippen LogP contribution < -0.4 is 5.32 Å². The van der Waals surface area contributed by atoms with Gasteiger partial charge in [-0.25, -0.2) is 17.5 Å². The van der Waals surface area contributed by atoms with Gasteiger partial charge in [0.1, 0.15) is 0 Å². The molecule has 1 N–H and O–H groups in total. The molecule has 0 bridgehead atoms. The summed E-state index contributed by atoms with van der Waals surface area (Å²) in [6, 6.07) is 8.12. The molecule has 2 heterocycles. The summed E-state index contributed by atoms with van der Waals surface area (Å²) >= 11 is 0. The maximum Gasteiger partial charge on any atom is 0.318 e. The second-order valence-electron chi connectivity index (χ2n) is 7.12. The van der Waals surface area contributed by atoms with Gasteiger partial charge in [-0.2, -0.15) is 0 Å². The summed E-state index contributed by atoms with van der Waals surface area (Å²) in [7, 11) is -3.20. The highest BCUT2D eigenvalue weighted by Crippen LogP contribution is 2.33. The highest BCUT2D eigenvalue weighted by Gasteiger charge is 2.33. The summed E-state index contributed by atoms with van der Waals surface area (Å²) in [4.78, 5) is 14.7. The molecule has 2 saturated heterocycles. The van der Waals surface area contributed by atoms with Gasteiger partial charge in [0, 0.05) is 25.7 Å². The summed E-state index contributed by atoms with van der Waals surface area (Å²) in [6.07, 6.45) is 4.79. The Morgan fingerprint density at radius 1 is 1.16 bits per heavy atom. The minimum atomic E-state index is -3.20. The molecule has 2 aliphatic heterocycles. The molecule has 2 fully saturated rings. The van der Waals surface area contributed by atoms with Crippen molar-refractivity contribution in [3.63, 3.8) is 0 Å². The van der Waals surface area contributed by atoms with Crippen molar-refractivity contribution in [1.29, 1.82) is 0 Å². The standard InChI is InChI=1S/C18H27N3O3S/c1-14-7-3-4-9-16(14)17-10-6-12-21(17)18(22)19-15-8-5-11-20(13-15)25(2,23)24/h3-4,7,9,15,17H,5-6,8,10-13H2,1-2H3,(H,19,22). The van der Waals surface area contributed by atoms with Gasteiger partial charge in [0.15, 0.2) is 0 Å². The van der Waals surface area contributed by atoms with Crippen molar-refractivity contribution in [2.45, 2.75) is 44.7 Å². The zero-order valence-electron chi connectivity index (χ0n) is 14.9. The van der Waals surface area contributed by atoms with Crippen LogP contribution in [-0.4, -0.2) is 55.6 Å². The molecule has 2 unspecified atom stereocenters. The number of carbonyl (C=O) groups excluding carboxylic acids is 1. The largest absolute Gasteiger partial charge is 0.334 e. The number of piperidine rings is 1. The SMILES string of the molecule is Cc1ccccc1C1CCCN1C(=O)NC1CCCN(S(C)(=O)=O)C1. The third-order valence-electron chi connectivity index (χ3n) is 5.24. The Labute approximate surface area is 150 Å². The second kappa shape index (κ2) is 7.33. The average molecular weight is 365 g/mol. The van der Waals surface area contributed by atoms with Crippen LogP contribution in [0.2, 0.25) is 0 Å².